The fourth-order valence-corrected chi connectivity index (χ4v) is 2.56. The highest BCUT2D eigenvalue weighted by atomic mass is 79.9. The van der Waals surface area contributed by atoms with E-state index >= 15 is 0 Å². The van der Waals surface area contributed by atoms with Gasteiger partial charge in [0.05, 0.1) is 5.56 Å². The molecular weight excluding hydrogens is 390 g/mol. The largest absolute Gasteiger partial charge is 0.488 e. The van der Waals surface area contributed by atoms with Gasteiger partial charge in [0, 0.05) is 8.95 Å². The zero-order valence-electron chi connectivity index (χ0n) is 9.90. The molecule has 2 aromatic carbocycles. The Labute approximate surface area is 134 Å². The van der Waals surface area contributed by atoms with Gasteiger partial charge in [0.2, 0.25) is 0 Å². The second-order valence-corrected chi connectivity index (χ2v) is 6.19. The standard InChI is InChI=1S/C14H11Br2NOS/c15-10-3-1-2-9(6-10)8-18-13-7-11(16)4-5-12(13)14(17)19/h1-7H,8H2,(H2,17,19). The highest BCUT2D eigenvalue weighted by molar-refractivity contribution is 9.10. The van der Waals surface area contributed by atoms with Crippen LogP contribution in [-0.4, -0.2) is 4.99 Å². The molecule has 0 radical (unpaired) electrons. The second-order valence-electron chi connectivity index (χ2n) is 3.92. The van der Waals surface area contributed by atoms with E-state index in [1.807, 2.05) is 42.5 Å². The van der Waals surface area contributed by atoms with Crippen LogP contribution in [0.15, 0.2) is 51.4 Å². The molecular formula is C14H11Br2NOS. The van der Waals surface area contributed by atoms with Crippen LogP contribution in [0.4, 0.5) is 0 Å². The van der Waals surface area contributed by atoms with Crippen molar-refractivity contribution in [3.05, 3.63) is 62.5 Å². The molecule has 2 nitrogen and oxygen atoms in total. The molecule has 0 saturated carbocycles. The van der Waals surface area contributed by atoms with E-state index in [-0.39, 0.29) is 0 Å². The Morgan fingerprint density at radius 3 is 2.53 bits per heavy atom. The Hall–Kier alpha value is -0.910. The zero-order chi connectivity index (χ0) is 13.8. The average Bonchev–Trinajstić information content (AvgIpc) is 2.36. The molecule has 0 atom stereocenters. The molecule has 2 N–H and O–H groups in total. The first-order valence-corrected chi connectivity index (χ1v) is 7.52. The molecule has 0 amide bonds. The lowest BCUT2D eigenvalue weighted by Gasteiger charge is -2.11. The van der Waals surface area contributed by atoms with Gasteiger partial charge in [0.15, 0.2) is 0 Å². The summed E-state index contributed by atoms with van der Waals surface area (Å²) < 4.78 is 7.75. The summed E-state index contributed by atoms with van der Waals surface area (Å²) in [5, 5.41) is 0. The molecule has 0 heterocycles. The van der Waals surface area contributed by atoms with Crippen LogP contribution in [0, 0.1) is 0 Å². The van der Waals surface area contributed by atoms with Crippen LogP contribution in [0.2, 0.25) is 0 Å². The number of thiocarbonyl (C=S) groups is 1. The maximum absolute atomic E-state index is 5.80. The van der Waals surface area contributed by atoms with Crippen molar-refractivity contribution >= 4 is 49.1 Å². The Kier molecular flexibility index (Phi) is 4.96. The van der Waals surface area contributed by atoms with Gasteiger partial charge in [-0.2, -0.15) is 0 Å². The second kappa shape index (κ2) is 6.50. The average molecular weight is 401 g/mol. The van der Waals surface area contributed by atoms with Gasteiger partial charge >= 0.3 is 0 Å². The quantitative estimate of drug-likeness (QED) is 0.771. The monoisotopic (exact) mass is 399 g/mol. The molecule has 0 bridgehead atoms. The molecule has 2 rings (SSSR count). The topological polar surface area (TPSA) is 35.2 Å². The summed E-state index contributed by atoms with van der Waals surface area (Å²) in [5.41, 5.74) is 7.50. The SMILES string of the molecule is NC(=S)c1ccc(Br)cc1OCc1cccc(Br)c1. The van der Waals surface area contributed by atoms with E-state index in [0.29, 0.717) is 17.3 Å². The van der Waals surface area contributed by atoms with Crippen molar-refractivity contribution in [2.75, 3.05) is 0 Å². The predicted octanol–water partition coefficient (Wildman–Crippen LogP) is 4.42. The smallest absolute Gasteiger partial charge is 0.131 e. The summed E-state index contributed by atoms with van der Waals surface area (Å²) in [6, 6.07) is 13.6. The number of benzene rings is 2. The lowest BCUT2D eigenvalue weighted by molar-refractivity contribution is 0.305. The maximum atomic E-state index is 5.80. The van der Waals surface area contributed by atoms with Crippen LogP contribution in [0.25, 0.3) is 0 Å². The van der Waals surface area contributed by atoms with E-state index in [4.69, 9.17) is 22.7 Å². The third-order valence-corrected chi connectivity index (χ3v) is 3.70. The first-order chi connectivity index (χ1) is 9.06. The van der Waals surface area contributed by atoms with Crippen molar-refractivity contribution in [1.82, 2.24) is 0 Å². The van der Waals surface area contributed by atoms with Gasteiger partial charge in [-0.25, -0.2) is 0 Å². The molecule has 0 aromatic heterocycles. The van der Waals surface area contributed by atoms with Crippen LogP contribution in [0.5, 0.6) is 5.75 Å². The van der Waals surface area contributed by atoms with Crippen LogP contribution < -0.4 is 10.5 Å². The van der Waals surface area contributed by atoms with Crippen molar-refractivity contribution in [2.24, 2.45) is 5.73 Å². The molecule has 0 aliphatic carbocycles. The van der Waals surface area contributed by atoms with E-state index in [1.54, 1.807) is 0 Å². The van der Waals surface area contributed by atoms with Crippen LogP contribution in [0.3, 0.4) is 0 Å². The van der Waals surface area contributed by atoms with E-state index in [9.17, 15) is 0 Å². The van der Waals surface area contributed by atoms with Crippen LogP contribution in [-0.2, 0) is 6.61 Å². The molecule has 98 valence electrons. The highest BCUT2D eigenvalue weighted by Crippen LogP contribution is 2.25. The number of halogens is 2. The highest BCUT2D eigenvalue weighted by Gasteiger charge is 2.07. The minimum atomic E-state index is 0.330. The third-order valence-electron chi connectivity index (χ3n) is 2.49. The fraction of sp³-hybridized carbons (Fsp3) is 0.0714. The molecule has 19 heavy (non-hydrogen) atoms. The summed E-state index contributed by atoms with van der Waals surface area (Å²) in [7, 11) is 0. The predicted molar refractivity (Wildman–Crippen MR) is 88.5 cm³/mol. The number of nitrogens with two attached hydrogens (primary N) is 1. The first kappa shape index (κ1) is 14.5. The lowest BCUT2D eigenvalue weighted by Crippen LogP contribution is -2.11. The van der Waals surface area contributed by atoms with Gasteiger partial charge in [-0.1, -0.05) is 56.2 Å². The molecule has 0 fully saturated rings. The molecule has 5 heteroatoms. The molecule has 0 aliphatic rings. The number of ether oxygens (including phenoxy) is 1. The summed E-state index contributed by atoms with van der Waals surface area (Å²) in [5.74, 6) is 0.682. The molecule has 0 aliphatic heterocycles. The van der Waals surface area contributed by atoms with Gasteiger partial charge in [0.1, 0.15) is 17.3 Å². The summed E-state index contributed by atoms with van der Waals surface area (Å²) >= 11 is 11.9. The van der Waals surface area contributed by atoms with Crippen molar-refractivity contribution in [2.45, 2.75) is 6.61 Å². The van der Waals surface area contributed by atoms with Gasteiger partial charge in [-0.05, 0) is 35.9 Å². The summed E-state index contributed by atoms with van der Waals surface area (Å²) in [4.78, 5) is 0.330. The Morgan fingerprint density at radius 1 is 1.11 bits per heavy atom. The van der Waals surface area contributed by atoms with Crippen LogP contribution >= 0.6 is 44.1 Å². The van der Waals surface area contributed by atoms with E-state index in [0.717, 1.165) is 20.1 Å². The third kappa shape index (κ3) is 4.03. The van der Waals surface area contributed by atoms with Gasteiger partial charge in [0.25, 0.3) is 0 Å². The normalized spacial score (nSPS) is 10.2. The molecule has 0 spiro atoms. The number of hydrogen-bond donors (Lipinski definition) is 1. The molecule has 2 aromatic rings. The molecule has 0 saturated heterocycles. The van der Waals surface area contributed by atoms with Gasteiger partial charge in [-0.3, -0.25) is 0 Å². The van der Waals surface area contributed by atoms with Crippen molar-refractivity contribution in [1.29, 1.82) is 0 Å². The minimum Gasteiger partial charge on any atom is -0.488 e. The Morgan fingerprint density at radius 2 is 1.84 bits per heavy atom. The van der Waals surface area contributed by atoms with Crippen LogP contribution in [0.1, 0.15) is 11.1 Å². The van der Waals surface area contributed by atoms with Gasteiger partial charge < -0.3 is 10.5 Å². The maximum Gasteiger partial charge on any atom is 0.131 e. The van der Waals surface area contributed by atoms with E-state index in [2.05, 4.69) is 31.9 Å². The van der Waals surface area contributed by atoms with E-state index in [1.165, 1.54) is 0 Å². The van der Waals surface area contributed by atoms with E-state index < -0.39 is 0 Å². The Balaban J connectivity index is 2.19. The summed E-state index contributed by atoms with van der Waals surface area (Å²) in [6.45, 7) is 0.464. The van der Waals surface area contributed by atoms with Gasteiger partial charge in [-0.15, -0.1) is 0 Å². The molecule has 0 unspecified atom stereocenters. The van der Waals surface area contributed by atoms with Crippen molar-refractivity contribution in [3.63, 3.8) is 0 Å². The summed E-state index contributed by atoms with van der Waals surface area (Å²) in [6.07, 6.45) is 0. The number of rotatable bonds is 4. The Bertz CT molecular complexity index is 616. The van der Waals surface area contributed by atoms with Crippen molar-refractivity contribution < 1.29 is 4.74 Å². The first-order valence-electron chi connectivity index (χ1n) is 5.53. The van der Waals surface area contributed by atoms with Crippen molar-refractivity contribution in [3.8, 4) is 5.75 Å². The minimum absolute atomic E-state index is 0.330. The fourth-order valence-electron chi connectivity index (χ4n) is 1.61. The number of hydrogen-bond acceptors (Lipinski definition) is 2. The lowest BCUT2D eigenvalue weighted by atomic mass is 10.2. The zero-order valence-corrected chi connectivity index (χ0v) is 13.9.